The molecule has 0 aliphatic heterocycles. The highest BCUT2D eigenvalue weighted by molar-refractivity contribution is 5.76. The van der Waals surface area contributed by atoms with Crippen molar-refractivity contribution in [1.29, 1.82) is 0 Å². The zero-order valence-electron chi connectivity index (χ0n) is 12.8. The molecule has 19 heavy (non-hydrogen) atoms. The van der Waals surface area contributed by atoms with Crippen LogP contribution in [-0.2, 0) is 10.2 Å². The molecule has 0 heterocycles. The van der Waals surface area contributed by atoms with Gasteiger partial charge in [0.05, 0.1) is 7.11 Å². The maximum atomic E-state index is 11.5. The maximum Gasteiger partial charge on any atom is 0.220 e. The summed E-state index contributed by atoms with van der Waals surface area (Å²) >= 11 is 0. The number of rotatable bonds is 4. The van der Waals surface area contributed by atoms with Crippen LogP contribution >= 0.6 is 0 Å². The molecule has 0 aromatic heterocycles. The maximum absolute atomic E-state index is 11.5. The van der Waals surface area contributed by atoms with Crippen LogP contribution < -0.4 is 10.1 Å². The Morgan fingerprint density at radius 2 is 2.00 bits per heavy atom. The van der Waals surface area contributed by atoms with Crippen LogP contribution in [-0.4, -0.2) is 20.1 Å². The Balaban J connectivity index is 3.12. The Labute approximate surface area is 116 Å². The van der Waals surface area contributed by atoms with Gasteiger partial charge in [-0.25, -0.2) is 0 Å². The topological polar surface area (TPSA) is 38.3 Å². The fourth-order valence-electron chi connectivity index (χ4n) is 2.08. The highest BCUT2D eigenvalue weighted by atomic mass is 16.5. The molecule has 1 aromatic rings. The van der Waals surface area contributed by atoms with Crippen molar-refractivity contribution in [3.05, 3.63) is 29.3 Å². The van der Waals surface area contributed by atoms with Crippen molar-refractivity contribution >= 4 is 5.91 Å². The van der Waals surface area contributed by atoms with Crippen LogP contribution in [0.3, 0.4) is 0 Å². The number of carbonyl (C=O) groups is 1. The van der Waals surface area contributed by atoms with E-state index in [0.717, 1.165) is 11.3 Å². The molecule has 1 atom stereocenters. The van der Waals surface area contributed by atoms with Crippen molar-refractivity contribution in [3.8, 4) is 5.75 Å². The van der Waals surface area contributed by atoms with E-state index in [-0.39, 0.29) is 17.2 Å². The van der Waals surface area contributed by atoms with Crippen molar-refractivity contribution in [2.75, 3.05) is 14.2 Å². The lowest BCUT2D eigenvalue weighted by Gasteiger charge is -2.23. The van der Waals surface area contributed by atoms with Crippen molar-refractivity contribution in [2.45, 2.75) is 45.4 Å². The smallest absolute Gasteiger partial charge is 0.220 e. The Bertz CT molecular complexity index is 447. The minimum Gasteiger partial charge on any atom is -0.496 e. The molecule has 106 valence electrons. The fraction of sp³-hybridized carbons (Fsp3) is 0.562. The normalized spacial score (nSPS) is 12.9. The largest absolute Gasteiger partial charge is 0.496 e. The second kappa shape index (κ2) is 6.09. The van der Waals surface area contributed by atoms with Gasteiger partial charge in [-0.1, -0.05) is 39.8 Å². The summed E-state index contributed by atoms with van der Waals surface area (Å²) in [6.45, 7) is 8.60. The van der Waals surface area contributed by atoms with E-state index >= 15 is 0 Å². The van der Waals surface area contributed by atoms with Crippen molar-refractivity contribution in [1.82, 2.24) is 5.32 Å². The zero-order chi connectivity index (χ0) is 14.6. The quantitative estimate of drug-likeness (QED) is 0.905. The van der Waals surface area contributed by atoms with Crippen LogP contribution in [0.1, 0.15) is 51.2 Å². The Hall–Kier alpha value is -1.51. The van der Waals surface area contributed by atoms with Crippen LogP contribution in [0.5, 0.6) is 5.75 Å². The molecular formula is C16H25NO2. The van der Waals surface area contributed by atoms with Crippen LogP contribution in [0.4, 0.5) is 0 Å². The van der Waals surface area contributed by atoms with Crippen LogP contribution in [0.2, 0.25) is 0 Å². The van der Waals surface area contributed by atoms with Gasteiger partial charge >= 0.3 is 0 Å². The van der Waals surface area contributed by atoms with Crippen LogP contribution in [0.15, 0.2) is 18.2 Å². The summed E-state index contributed by atoms with van der Waals surface area (Å²) in [5, 5.41) is 2.67. The molecule has 3 nitrogen and oxygen atoms in total. The first-order chi connectivity index (χ1) is 8.79. The number of amides is 1. The first kappa shape index (κ1) is 15.5. The van der Waals surface area contributed by atoms with Gasteiger partial charge in [0.2, 0.25) is 5.91 Å². The van der Waals surface area contributed by atoms with Gasteiger partial charge in [0.25, 0.3) is 0 Å². The minimum absolute atomic E-state index is 0.0516. The predicted molar refractivity (Wildman–Crippen MR) is 78.8 cm³/mol. The van der Waals surface area contributed by atoms with Gasteiger partial charge in [0.15, 0.2) is 0 Å². The highest BCUT2D eigenvalue weighted by Crippen LogP contribution is 2.33. The highest BCUT2D eigenvalue weighted by Gasteiger charge is 2.19. The summed E-state index contributed by atoms with van der Waals surface area (Å²) in [5.41, 5.74) is 2.44. The molecule has 0 aliphatic rings. The lowest BCUT2D eigenvalue weighted by atomic mass is 9.84. The summed E-state index contributed by atoms with van der Waals surface area (Å²) < 4.78 is 5.42. The molecule has 0 radical (unpaired) electrons. The van der Waals surface area contributed by atoms with E-state index in [1.807, 2.05) is 6.07 Å². The Morgan fingerprint density at radius 3 is 2.47 bits per heavy atom. The van der Waals surface area contributed by atoms with E-state index in [2.05, 4.69) is 45.1 Å². The molecule has 3 heteroatoms. The molecule has 1 amide bonds. The molecule has 1 aromatic carbocycles. The summed E-state index contributed by atoms with van der Waals surface area (Å²) in [6, 6.07) is 6.25. The number of benzene rings is 1. The van der Waals surface area contributed by atoms with Gasteiger partial charge in [-0.05, 0) is 28.5 Å². The molecule has 0 saturated heterocycles. The molecule has 0 bridgehead atoms. The first-order valence-corrected chi connectivity index (χ1v) is 6.68. The van der Waals surface area contributed by atoms with E-state index in [1.165, 1.54) is 5.56 Å². The Morgan fingerprint density at radius 1 is 1.37 bits per heavy atom. The fourth-order valence-corrected chi connectivity index (χ4v) is 2.08. The van der Waals surface area contributed by atoms with Crippen LogP contribution in [0.25, 0.3) is 0 Å². The molecule has 0 spiro atoms. The number of nitrogens with one attached hydrogen (secondary N) is 1. The van der Waals surface area contributed by atoms with Gasteiger partial charge in [0.1, 0.15) is 5.75 Å². The average Bonchev–Trinajstić information content (AvgIpc) is 2.36. The third-order valence-corrected chi connectivity index (χ3v) is 3.40. The van der Waals surface area contributed by atoms with Gasteiger partial charge in [-0.15, -0.1) is 0 Å². The molecule has 1 N–H and O–H groups in total. The molecule has 1 unspecified atom stereocenters. The van der Waals surface area contributed by atoms with E-state index in [1.54, 1.807) is 14.2 Å². The van der Waals surface area contributed by atoms with Crippen molar-refractivity contribution < 1.29 is 9.53 Å². The Kier molecular flexibility index (Phi) is 4.98. The number of methoxy groups -OCH3 is 1. The average molecular weight is 263 g/mol. The second-order valence-electron chi connectivity index (χ2n) is 5.99. The van der Waals surface area contributed by atoms with Gasteiger partial charge in [-0.2, -0.15) is 0 Å². The number of ether oxygens (including phenoxy) is 1. The monoisotopic (exact) mass is 263 g/mol. The summed E-state index contributed by atoms with van der Waals surface area (Å²) in [4.78, 5) is 11.5. The zero-order valence-corrected chi connectivity index (χ0v) is 12.8. The van der Waals surface area contributed by atoms with Gasteiger partial charge in [-0.3, -0.25) is 4.79 Å². The molecule has 0 saturated carbocycles. The summed E-state index contributed by atoms with van der Waals surface area (Å²) in [6.07, 6.45) is 0.473. The van der Waals surface area contributed by atoms with Crippen molar-refractivity contribution in [2.24, 2.45) is 0 Å². The SMILES string of the molecule is CNC(=O)CC(C)c1cc(C(C)(C)C)ccc1OC. The van der Waals surface area contributed by atoms with Crippen LogP contribution in [0, 0.1) is 0 Å². The molecule has 1 rings (SSSR count). The molecular weight excluding hydrogens is 238 g/mol. The van der Waals surface area contributed by atoms with E-state index in [0.29, 0.717) is 6.42 Å². The molecule has 0 aliphatic carbocycles. The van der Waals surface area contributed by atoms with Gasteiger partial charge < -0.3 is 10.1 Å². The number of hydrogen-bond acceptors (Lipinski definition) is 2. The first-order valence-electron chi connectivity index (χ1n) is 6.68. The minimum atomic E-state index is 0.0516. The summed E-state index contributed by atoms with van der Waals surface area (Å²) in [7, 11) is 3.33. The van der Waals surface area contributed by atoms with E-state index in [9.17, 15) is 4.79 Å². The third-order valence-electron chi connectivity index (χ3n) is 3.40. The standard InChI is InChI=1S/C16H25NO2/c1-11(9-15(18)17-5)13-10-12(16(2,3)4)7-8-14(13)19-6/h7-8,10-11H,9H2,1-6H3,(H,17,18). The van der Waals surface area contributed by atoms with E-state index in [4.69, 9.17) is 4.74 Å². The number of hydrogen-bond donors (Lipinski definition) is 1. The van der Waals surface area contributed by atoms with Gasteiger partial charge in [0, 0.05) is 13.5 Å². The summed E-state index contributed by atoms with van der Waals surface area (Å²) in [5.74, 6) is 1.04. The third kappa shape index (κ3) is 3.98. The number of carbonyl (C=O) groups excluding carboxylic acids is 1. The molecule has 0 fully saturated rings. The van der Waals surface area contributed by atoms with Crippen molar-refractivity contribution in [3.63, 3.8) is 0 Å². The van der Waals surface area contributed by atoms with E-state index < -0.39 is 0 Å². The predicted octanol–water partition coefficient (Wildman–Crippen LogP) is 3.23. The lowest BCUT2D eigenvalue weighted by Crippen LogP contribution is -2.20. The lowest BCUT2D eigenvalue weighted by molar-refractivity contribution is -0.120. The second-order valence-corrected chi connectivity index (χ2v) is 5.99.